The largest absolute Gasteiger partial charge is 0.385 e. The molecule has 0 aromatic heterocycles. The molecule has 2 aromatic rings. The van der Waals surface area contributed by atoms with Crippen molar-refractivity contribution < 1.29 is 0 Å². The summed E-state index contributed by atoms with van der Waals surface area (Å²) in [6.45, 7) is 3.24. The van der Waals surface area contributed by atoms with Gasteiger partial charge in [0.1, 0.15) is 0 Å². The molecule has 2 aromatic carbocycles. The van der Waals surface area contributed by atoms with E-state index in [1.54, 1.807) is 0 Å². The van der Waals surface area contributed by atoms with Gasteiger partial charge in [-0.05, 0) is 48.6 Å². The number of rotatable bonds is 7. The van der Waals surface area contributed by atoms with E-state index in [0.717, 1.165) is 19.4 Å². The maximum absolute atomic E-state index is 3.43. The monoisotopic (exact) mass is 252 g/mol. The van der Waals surface area contributed by atoms with Gasteiger partial charge in [-0.25, -0.2) is 0 Å². The maximum atomic E-state index is 3.43. The molecule has 0 aliphatic carbocycles. The molecule has 0 saturated heterocycles. The van der Waals surface area contributed by atoms with Crippen molar-refractivity contribution in [1.82, 2.24) is 0 Å². The van der Waals surface area contributed by atoms with Crippen LogP contribution in [0.3, 0.4) is 0 Å². The fourth-order valence-electron chi connectivity index (χ4n) is 2.19. The van der Waals surface area contributed by atoms with E-state index < -0.39 is 0 Å². The Morgan fingerprint density at radius 3 is 2.16 bits per heavy atom. The first-order valence-corrected chi connectivity index (χ1v) is 7.16. The molecular weight excluding hydrogens is 230 g/mol. The van der Waals surface area contributed by atoms with Crippen molar-refractivity contribution in [2.45, 2.75) is 32.6 Å². The van der Waals surface area contributed by atoms with Gasteiger partial charge >= 0.3 is 0 Å². The van der Waals surface area contributed by atoms with Crippen LogP contribution in [0.15, 0.2) is 48.5 Å². The van der Waals surface area contributed by atoms with Crippen molar-refractivity contribution in [2.24, 2.45) is 0 Å². The van der Waals surface area contributed by atoms with Crippen molar-refractivity contribution >= 4 is 5.69 Å². The van der Waals surface area contributed by atoms with Gasteiger partial charge in [-0.3, -0.25) is 0 Å². The summed E-state index contributed by atoms with van der Waals surface area (Å²) >= 11 is 0. The number of hydrogen-bond acceptors (Lipinski definition) is 1. The maximum Gasteiger partial charge on any atom is 0.0340 e. The third kappa shape index (κ3) is 4.78. The molecule has 1 nitrogen and oxygen atoms in total. The molecule has 0 atom stereocenters. The highest BCUT2D eigenvalue weighted by molar-refractivity contribution is 5.41. The average Bonchev–Trinajstić information content (AvgIpc) is 2.47. The summed E-state index contributed by atoms with van der Waals surface area (Å²) in [4.78, 5) is 0. The molecule has 2 rings (SSSR count). The van der Waals surface area contributed by atoms with E-state index in [-0.39, 0.29) is 0 Å². The Balaban J connectivity index is 1.70. The number of benzene rings is 2. The van der Waals surface area contributed by atoms with E-state index in [2.05, 4.69) is 54.7 Å². The molecule has 1 N–H and O–H groups in total. The molecule has 0 amide bonds. The zero-order chi connectivity index (χ0) is 13.3. The van der Waals surface area contributed by atoms with Crippen LogP contribution in [0.5, 0.6) is 0 Å². The lowest BCUT2D eigenvalue weighted by Crippen LogP contribution is -2.02. The summed E-state index contributed by atoms with van der Waals surface area (Å²) in [6, 6.07) is 20.1. The molecule has 1 heteroatoms. The fourth-order valence-corrected chi connectivity index (χ4v) is 2.19. The van der Waals surface area contributed by atoms with Crippen LogP contribution in [-0.2, 0) is 12.8 Å². The zero-order valence-corrected chi connectivity index (χ0v) is 11.7. The molecule has 19 heavy (non-hydrogen) atoms. The van der Waals surface area contributed by atoms with Crippen molar-refractivity contribution in [2.75, 3.05) is 11.9 Å². The molecule has 0 aliphatic rings. The first-order chi connectivity index (χ1) is 9.38. The first-order valence-electron chi connectivity index (χ1n) is 7.16. The van der Waals surface area contributed by atoms with Crippen LogP contribution in [-0.4, -0.2) is 6.54 Å². The molecule has 0 unspecified atom stereocenters. The molecule has 0 saturated carbocycles. The lowest BCUT2D eigenvalue weighted by atomic mass is 10.0. The summed E-state index contributed by atoms with van der Waals surface area (Å²) in [6.07, 6.45) is 4.70. The molecule has 0 aliphatic heterocycles. The van der Waals surface area contributed by atoms with Gasteiger partial charge in [0.05, 0.1) is 0 Å². The van der Waals surface area contributed by atoms with E-state index in [4.69, 9.17) is 0 Å². The number of nitrogens with one attached hydrogen (secondary N) is 1. The van der Waals surface area contributed by atoms with Crippen LogP contribution in [0.1, 0.15) is 30.9 Å². The lowest BCUT2D eigenvalue weighted by molar-refractivity contribution is 0.859. The minimum absolute atomic E-state index is 1.01. The summed E-state index contributed by atoms with van der Waals surface area (Å²) in [5.41, 5.74) is 4.06. The molecule has 0 heterocycles. The van der Waals surface area contributed by atoms with Crippen molar-refractivity contribution in [1.29, 1.82) is 0 Å². The van der Waals surface area contributed by atoms with Crippen LogP contribution in [0, 0.1) is 6.07 Å². The Bertz CT molecular complexity index is 459. The average molecular weight is 252 g/mol. The highest BCUT2D eigenvalue weighted by atomic mass is 14.9. The highest BCUT2D eigenvalue weighted by Gasteiger charge is 1.95. The normalized spacial score (nSPS) is 10.4. The van der Waals surface area contributed by atoms with Gasteiger partial charge in [0, 0.05) is 12.2 Å². The van der Waals surface area contributed by atoms with Crippen molar-refractivity contribution in [3.63, 3.8) is 0 Å². The van der Waals surface area contributed by atoms with E-state index >= 15 is 0 Å². The van der Waals surface area contributed by atoms with Crippen LogP contribution in [0.2, 0.25) is 0 Å². The molecule has 0 bridgehead atoms. The molecule has 0 spiro atoms. The second-order valence-electron chi connectivity index (χ2n) is 4.89. The third-order valence-corrected chi connectivity index (χ3v) is 3.25. The Kier molecular flexibility index (Phi) is 5.49. The van der Waals surface area contributed by atoms with Crippen molar-refractivity contribution in [3.05, 3.63) is 65.7 Å². The van der Waals surface area contributed by atoms with Crippen LogP contribution in [0.25, 0.3) is 0 Å². The van der Waals surface area contributed by atoms with Gasteiger partial charge in [0.2, 0.25) is 0 Å². The van der Waals surface area contributed by atoms with Gasteiger partial charge in [-0.2, -0.15) is 0 Å². The van der Waals surface area contributed by atoms with Crippen LogP contribution >= 0.6 is 0 Å². The fraction of sp³-hybridized carbons (Fsp3) is 0.333. The van der Waals surface area contributed by atoms with Gasteiger partial charge in [0.25, 0.3) is 0 Å². The van der Waals surface area contributed by atoms with Gasteiger partial charge in [-0.15, -0.1) is 0 Å². The Morgan fingerprint density at radius 1 is 0.895 bits per heavy atom. The smallest absolute Gasteiger partial charge is 0.0340 e. The summed E-state index contributed by atoms with van der Waals surface area (Å²) < 4.78 is 0. The minimum Gasteiger partial charge on any atom is -0.385 e. The Hall–Kier alpha value is -1.76. The van der Waals surface area contributed by atoms with Gasteiger partial charge in [0.15, 0.2) is 0 Å². The first kappa shape index (κ1) is 13.7. The second kappa shape index (κ2) is 7.63. The highest BCUT2D eigenvalue weighted by Crippen LogP contribution is 2.09. The Morgan fingerprint density at radius 2 is 1.53 bits per heavy atom. The van der Waals surface area contributed by atoms with Crippen molar-refractivity contribution in [3.8, 4) is 0 Å². The van der Waals surface area contributed by atoms with E-state index in [1.807, 2.05) is 12.1 Å². The van der Waals surface area contributed by atoms with E-state index in [9.17, 15) is 0 Å². The summed E-state index contributed by atoms with van der Waals surface area (Å²) in [5.74, 6) is 0. The lowest BCUT2D eigenvalue weighted by Gasteiger charge is -2.06. The topological polar surface area (TPSA) is 12.0 Å². The predicted molar refractivity (Wildman–Crippen MR) is 82.5 cm³/mol. The molecular formula is C18H22N. The number of hydrogen-bond donors (Lipinski definition) is 1. The minimum atomic E-state index is 1.01. The zero-order valence-electron chi connectivity index (χ0n) is 11.7. The number of anilines is 1. The quantitative estimate of drug-likeness (QED) is 0.716. The Labute approximate surface area is 116 Å². The van der Waals surface area contributed by atoms with Gasteiger partial charge < -0.3 is 5.32 Å². The summed E-state index contributed by atoms with van der Waals surface area (Å²) in [7, 11) is 0. The number of aryl methyl sites for hydroxylation is 2. The van der Waals surface area contributed by atoms with Crippen LogP contribution in [0.4, 0.5) is 5.69 Å². The molecule has 1 radical (unpaired) electrons. The molecule has 99 valence electrons. The van der Waals surface area contributed by atoms with E-state index in [1.165, 1.54) is 29.7 Å². The van der Waals surface area contributed by atoms with Crippen LogP contribution < -0.4 is 5.32 Å². The predicted octanol–water partition coefficient (Wildman–Crippen LogP) is 4.48. The SMILES string of the molecule is CCCc1ccc(CCCNc2cc[c]cc2)cc1. The summed E-state index contributed by atoms with van der Waals surface area (Å²) in [5, 5.41) is 3.43. The van der Waals surface area contributed by atoms with E-state index in [0.29, 0.717) is 0 Å². The standard InChI is InChI=1S/C18H22N/c1-2-7-16-11-13-17(14-12-16)8-6-15-19-18-9-4-3-5-10-18/h4-5,9-14,19H,2,6-8,15H2,1H3. The van der Waals surface area contributed by atoms with Gasteiger partial charge in [-0.1, -0.05) is 49.7 Å². The molecule has 0 fully saturated rings. The second-order valence-corrected chi connectivity index (χ2v) is 4.89. The third-order valence-electron chi connectivity index (χ3n) is 3.25.